The first kappa shape index (κ1) is 16.7. The molecule has 0 saturated carbocycles. The van der Waals surface area contributed by atoms with Gasteiger partial charge in [0.1, 0.15) is 0 Å². The van der Waals surface area contributed by atoms with Crippen LogP contribution in [0.1, 0.15) is 43.5 Å². The Labute approximate surface area is 123 Å². The van der Waals surface area contributed by atoms with Crippen molar-refractivity contribution in [2.45, 2.75) is 39.2 Å². The fourth-order valence-corrected chi connectivity index (χ4v) is 1.63. The van der Waals surface area contributed by atoms with E-state index in [1.54, 1.807) is 24.3 Å². The van der Waals surface area contributed by atoms with Gasteiger partial charge in [-0.1, -0.05) is 19.1 Å². The summed E-state index contributed by atoms with van der Waals surface area (Å²) < 4.78 is 0. The van der Waals surface area contributed by atoms with Gasteiger partial charge in [0.25, 0.3) is 5.91 Å². The number of carbonyl (C=O) groups is 3. The maximum Gasteiger partial charge on any atom is 0.303 e. The van der Waals surface area contributed by atoms with Crippen LogP contribution in [0.3, 0.4) is 0 Å². The lowest BCUT2D eigenvalue weighted by Gasteiger charge is -2.14. The van der Waals surface area contributed by atoms with E-state index >= 15 is 0 Å². The smallest absolute Gasteiger partial charge is 0.303 e. The molecule has 0 bridgehead atoms. The van der Waals surface area contributed by atoms with Gasteiger partial charge in [-0.2, -0.15) is 0 Å². The zero-order chi connectivity index (χ0) is 15.8. The van der Waals surface area contributed by atoms with Crippen LogP contribution in [0.2, 0.25) is 0 Å². The number of aliphatic carboxylic acids is 1. The molecule has 1 atom stereocenters. The number of carboxylic acid groups (broad SMARTS) is 1. The summed E-state index contributed by atoms with van der Waals surface area (Å²) in [6, 6.07) is 6.67. The number of rotatable bonds is 7. The van der Waals surface area contributed by atoms with Gasteiger partial charge in [0.05, 0.1) is 17.7 Å². The summed E-state index contributed by atoms with van der Waals surface area (Å²) in [5.74, 6) is -1.73. The van der Waals surface area contributed by atoms with E-state index in [-0.39, 0.29) is 24.8 Å². The summed E-state index contributed by atoms with van der Waals surface area (Å²) in [7, 11) is 0. The Morgan fingerprint density at radius 1 is 1.19 bits per heavy atom. The number of carbonyl (C=O) groups excluding carboxylic acids is 2. The SMILES string of the molecule is CC[C@@H](C)NC(=O)c1ccccc1NC(=O)CCC(=O)O. The predicted octanol–water partition coefficient (Wildman–Crippen LogP) is 2.02. The van der Waals surface area contributed by atoms with Crippen LogP contribution < -0.4 is 10.6 Å². The second-order valence-corrected chi connectivity index (χ2v) is 4.77. The number of benzene rings is 1. The zero-order valence-corrected chi connectivity index (χ0v) is 12.2. The van der Waals surface area contributed by atoms with E-state index in [2.05, 4.69) is 10.6 Å². The number of anilines is 1. The van der Waals surface area contributed by atoms with Crippen molar-refractivity contribution in [3.05, 3.63) is 29.8 Å². The second-order valence-electron chi connectivity index (χ2n) is 4.77. The fraction of sp³-hybridized carbons (Fsp3) is 0.400. The Morgan fingerprint density at radius 2 is 1.86 bits per heavy atom. The van der Waals surface area contributed by atoms with Gasteiger partial charge in [-0.15, -0.1) is 0 Å². The number of carboxylic acids is 1. The molecule has 0 saturated heterocycles. The van der Waals surface area contributed by atoms with Crippen LogP contribution in [0.5, 0.6) is 0 Å². The second kappa shape index (κ2) is 8.04. The molecule has 0 aliphatic rings. The van der Waals surface area contributed by atoms with Gasteiger partial charge >= 0.3 is 5.97 Å². The molecule has 0 heterocycles. The molecule has 0 spiro atoms. The summed E-state index contributed by atoms with van der Waals surface area (Å²) >= 11 is 0. The summed E-state index contributed by atoms with van der Waals surface area (Å²) in [4.78, 5) is 34.2. The number of hydrogen-bond acceptors (Lipinski definition) is 3. The minimum absolute atomic E-state index is 0.0354. The summed E-state index contributed by atoms with van der Waals surface area (Å²) in [6.45, 7) is 3.86. The predicted molar refractivity (Wildman–Crippen MR) is 79.2 cm³/mol. The molecule has 1 aromatic carbocycles. The highest BCUT2D eigenvalue weighted by molar-refractivity contribution is 6.04. The molecule has 0 unspecified atom stereocenters. The van der Waals surface area contributed by atoms with Crippen molar-refractivity contribution in [2.75, 3.05) is 5.32 Å². The zero-order valence-electron chi connectivity index (χ0n) is 12.2. The molecule has 6 heteroatoms. The van der Waals surface area contributed by atoms with Crippen molar-refractivity contribution in [3.63, 3.8) is 0 Å². The van der Waals surface area contributed by atoms with E-state index in [0.29, 0.717) is 11.3 Å². The molecule has 0 aliphatic heterocycles. The van der Waals surface area contributed by atoms with Crippen LogP contribution in [0.15, 0.2) is 24.3 Å². The maximum absolute atomic E-state index is 12.1. The molecule has 0 fully saturated rings. The molecule has 21 heavy (non-hydrogen) atoms. The molecule has 0 aliphatic carbocycles. The molecule has 3 N–H and O–H groups in total. The van der Waals surface area contributed by atoms with Crippen LogP contribution in [-0.4, -0.2) is 28.9 Å². The summed E-state index contributed by atoms with van der Waals surface area (Å²) in [5.41, 5.74) is 0.746. The Balaban J connectivity index is 2.77. The lowest BCUT2D eigenvalue weighted by molar-refractivity contribution is -0.138. The van der Waals surface area contributed by atoms with Gasteiger partial charge < -0.3 is 15.7 Å². The Bertz CT molecular complexity index is 528. The third-order valence-corrected chi connectivity index (χ3v) is 3.00. The third kappa shape index (κ3) is 5.64. The monoisotopic (exact) mass is 292 g/mol. The highest BCUT2D eigenvalue weighted by Gasteiger charge is 2.14. The van der Waals surface area contributed by atoms with Gasteiger partial charge in [-0.05, 0) is 25.5 Å². The van der Waals surface area contributed by atoms with E-state index in [4.69, 9.17) is 5.11 Å². The third-order valence-electron chi connectivity index (χ3n) is 3.00. The lowest BCUT2D eigenvalue weighted by atomic mass is 10.1. The van der Waals surface area contributed by atoms with Crippen molar-refractivity contribution < 1.29 is 19.5 Å². The molecule has 0 radical (unpaired) electrons. The minimum atomic E-state index is -1.03. The van der Waals surface area contributed by atoms with E-state index in [1.165, 1.54) is 0 Å². The number of amides is 2. The topological polar surface area (TPSA) is 95.5 Å². The average Bonchev–Trinajstić information content (AvgIpc) is 2.45. The minimum Gasteiger partial charge on any atom is -0.481 e. The van der Waals surface area contributed by atoms with Gasteiger partial charge in [0.2, 0.25) is 5.91 Å². The Morgan fingerprint density at radius 3 is 2.48 bits per heavy atom. The van der Waals surface area contributed by atoms with Crippen molar-refractivity contribution in [3.8, 4) is 0 Å². The molecule has 6 nitrogen and oxygen atoms in total. The lowest BCUT2D eigenvalue weighted by Crippen LogP contribution is -2.32. The van der Waals surface area contributed by atoms with Crippen LogP contribution >= 0.6 is 0 Å². The van der Waals surface area contributed by atoms with Crippen molar-refractivity contribution in [1.29, 1.82) is 0 Å². The molecule has 2 amide bonds. The highest BCUT2D eigenvalue weighted by Crippen LogP contribution is 2.16. The van der Waals surface area contributed by atoms with E-state index in [1.807, 2.05) is 13.8 Å². The summed E-state index contributed by atoms with van der Waals surface area (Å²) in [6.07, 6.45) is 0.433. The highest BCUT2D eigenvalue weighted by atomic mass is 16.4. The van der Waals surface area contributed by atoms with Gasteiger partial charge in [-0.25, -0.2) is 0 Å². The number of para-hydroxylation sites is 1. The first-order chi connectivity index (χ1) is 9.93. The fourth-order valence-electron chi connectivity index (χ4n) is 1.63. The molecular weight excluding hydrogens is 272 g/mol. The van der Waals surface area contributed by atoms with Crippen LogP contribution in [0.4, 0.5) is 5.69 Å². The first-order valence-corrected chi connectivity index (χ1v) is 6.85. The molecule has 0 aromatic heterocycles. The number of hydrogen-bond donors (Lipinski definition) is 3. The van der Waals surface area contributed by atoms with E-state index in [9.17, 15) is 14.4 Å². The quantitative estimate of drug-likeness (QED) is 0.716. The van der Waals surface area contributed by atoms with Gasteiger partial charge in [-0.3, -0.25) is 14.4 Å². The summed E-state index contributed by atoms with van der Waals surface area (Å²) in [5, 5.41) is 14.0. The van der Waals surface area contributed by atoms with Crippen LogP contribution in [0.25, 0.3) is 0 Å². The standard InChI is InChI=1S/C15H20N2O4/c1-3-10(2)16-15(21)11-6-4-5-7-12(11)17-13(18)8-9-14(19)20/h4-7,10H,3,8-9H2,1-2H3,(H,16,21)(H,17,18)(H,19,20)/t10-/m1/s1. The van der Waals surface area contributed by atoms with E-state index < -0.39 is 11.9 Å². The molecule has 1 aromatic rings. The van der Waals surface area contributed by atoms with E-state index in [0.717, 1.165) is 6.42 Å². The molecule has 1 rings (SSSR count). The van der Waals surface area contributed by atoms with Crippen LogP contribution in [0, 0.1) is 0 Å². The largest absolute Gasteiger partial charge is 0.481 e. The molecular formula is C15H20N2O4. The van der Waals surface area contributed by atoms with Crippen molar-refractivity contribution in [1.82, 2.24) is 5.32 Å². The van der Waals surface area contributed by atoms with Crippen molar-refractivity contribution in [2.24, 2.45) is 0 Å². The Hall–Kier alpha value is -2.37. The normalized spacial score (nSPS) is 11.5. The van der Waals surface area contributed by atoms with Crippen LogP contribution in [-0.2, 0) is 9.59 Å². The number of nitrogens with one attached hydrogen (secondary N) is 2. The van der Waals surface area contributed by atoms with Gasteiger partial charge in [0, 0.05) is 12.5 Å². The Kier molecular flexibility index (Phi) is 6.39. The van der Waals surface area contributed by atoms with Gasteiger partial charge in [0.15, 0.2) is 0 Å². The van der Waals surface area contributed by atoms with Crippen molar-refractivity contribution >= 4 is 23.5 Å². The first-order valence-electron chi connectivity index (χ1n) is 6.85. The maximum atomic E-state index is 12.1. The average molecular weight is 292 g/mol. The molecule has 114 valence electrons.